The number of carboxylic acids is 1. The van der Waals surface area contributed by atoms with Crippen LogP contribution in [0.2, 0.25) is 0 Å². The van der Waals surface area contributed by atoms with E-state index in [0.717, 1.165) is 61.6 Å². The molecule has 0 aliphatic carbocycles. The maximum Gasteiger partial charge on any atom is 0.490 e. The number of piperidine rings is 1. The standard InChI is InChI=1S/C25H32N2O2.C2HF3O2/c1-19-13-20(2)15-22(14-19)24(28)27-12-9-25(18-27)7-10-26(11-8-25)17-21-5-4-6-23(16-21)29-3;3-2(4,5)1(6)7/h4-6,13-16H,7-12,17-18H2,1-3H3;(H,6,7). The Morgan fingerprint density at radius 1 is 1.00 bits per heavy atom. The van der Waals surface area contributed by atoms with E-state index in [1.165, 1.54) is 18.4 Å². The topological polar surface area (TPSA) is 70.1 Å². The van der Waals surface area contributed by atoms with Crippen molar-refractivity contribution in [2.45, 2.75) is 45.8 Å². The van der Waals surface area contributed by atoms with Crippen LogP contribution in [-0.4, -0.2) is 66.2 Å². The van der Waals surface area contributed by atoms with E-state index in [2.05, 4.69) is 47.9 Å². The lowest BCUT2D eigenvalue weighted by Crippen LogP contribution is -2.42. The number of hydrogen-bond donors (Lipinski definition) is 1. The normalized spacial score (nSPS) is 17.4. The minimum Gasteiger partial charge on any atom is -0.497 e. The van der Waals surface area contributed by atoms with E-state index in [9.17, 15) is 18.0 Å². The van der Waals surface area contributed by atoms with Crippen LogP contribution in [0.15, 0.2) is 42.5 Å². The van der Waals surface area contributed by atoms with Crippen molar-refractivity contribution in [1.82, 2.24) is 9.80 Å². The van der Waals surface area contributed by atoms with Gasteiger partial charge in [-0.25, -0.2) is 4.79 Å². The number of aliphatic carboxylic acids is 1. The van der Waals surface area contributed by atoms with E-state index < -0.39 is 12.1 Å². The number of carboxylic acid groups (broad SMARTS) is 1. The van der Waals surface area contributed by atoms with Gasteiger partial charge < -0.3 is 14.7 Å². The number of benzene rings is 2. The van der Waals surface area contributed by atoms with Crippen LogP contribution >= 0.6 is 0 Å². The molecule has 9 heteroatoms. The summed E-state index contributed by atoms with van der Waals surface area (Å²) in [7, 11) is 1.72. The van der Waals surface area contributed by atoms with Gasteiger partial charge in [-0.15, -0.1) is 0 Å². The van der Waals surface area contributed by atoms with Crippen LogP contribution in [0, 0.1) is 19.3 Å². The number of amides is 1. The lowest BCUT2D eigenvalue weighted by atomic mass is 9.77. The number of nitrogens with zero attached hydrogens (tertiary/aromatic N) is 2. The molecule has 36 heavy (non-hydrogen) atoms. The molecule has 0 saturated carbocycles. The number of halogens is 3. The molecule has 1 amide bonds. The molecule has 6 nitrogen and oxygen atoms in total. The highest BCUT2D eigenvalue weighted by Gasteiger charge is 2.42. The number of likely N-dealkylation sites (tertiary alicyclic amines) is 2. The number of aryl methyl sites for hydroxylation is 2. The summed E-state index contributed by atoms with van der Waals surface area (Å²) in [5.41, 5.74) is 4.77. The maximum atomic E-state index is 13.0. The summed E-state index contributed by atoms with van der Waals surface area (Å²) in [4.78, 5) is 26.6. The van der Waals surface area contributed by atoms with Gasteiger partial charge in [0, 0.05) is 25.2 Å². The largest absolute Gasteiger partial charge is 0.497 e. The molecule has 0 aromatic heterocycles. The molecule has 196 valence electrons. The summed E-state index contributed by atoms with van der Waals surface area (Å²) in [5, 5.41) is 7.12. The molecule has 2 aromatic rings. The first-order valence-electron chi connectivity index (χ1n) is 11.9. The Morgan fingerprint density at radius 3 is 2.14 bits per heavy atom. The highest BCUT2D eigenvalue weighted by Crippen LogP contribution is 2.41. The molecule has 2 fully saturated rings. The quantitative estimate of drug-likeness (QED) is 0.627. The predicted molar refractivity (Wildman–Crippen MR) is 130 cm³/mol. The monoisotopic (exact) mass is 506 g/mol. The molecule has 0 radical (unpaired) electrons. The molecule has 1 spiro atoms. The molecular formula is C27H33F3N2O4. The average molecular weight is 507 g/mol. The Balaban J connectivity index is 0.000000454. The Bertz CT molecular complexity index is 1060. The summed E-state index contributed by atoms with van der Waals surface area (Å²) in [6.45, 7) is 9.10. The Kier molecular flexibility index (Phi) is 8.66. The van der Waals surface area contributed by atoms with Crippen molar-refractivity contribution < 1.29 is 32.6 Å². The van der Waals surface area contributed by atoms with Gasteiger partial charge in [-0.2, -0.15) is 13.2 Å². The molecule has 2 heterocycles. The molecule has 0 unspecified atom stereocenters. The van der Waals surface area contributed by atoms with Crippen molar-refractivity contribution in [2.75, 3.05) is 33.3 Å². The fourth-order valence-electron chi connectivity index (χ4n) is 5.01. The van der Waals surface area contributed by atoms with Crippen LogP contribution in [0.3, 0.4) is 0 Å². The molecule has 2 aliphatic rings. The first-order valence-corrected chi connectivity index (χ1v) is 11.9. The summed E-state index contributed by atoms with van der Waals surface area (Å²) >= 11 is 0. The Labute approximate surface area is 209 Å². The van der Waals surface area contributed by atoms with Crippen LogP contribution < -0.4 is 4.74 Å². The second kappa shape index (κ2) is 11.3. The van der Waals surface area contributed by atoms with E-state index in [0.29, 0.717) is 5.41 Å². The van der Waals surface area contributed by atoms with Gasteiger partial charge >= 0.3 is 12.1 Å². The van der Waals surface area contributed by atoms with E-state index in [1.807, 2.05) is 18.2 Å². The third-order valence-corrected chi connectivity index (χ3v) is 6.89. The zero-order valence-electron chi connectivity index (χ0n) is 20.9. The summed E-state index contributed by atoms with van der Waals surface area (Å²) in [5.74, 6) is -1.63. The highest BCUT2D eigenvalue weighted by atomic mass is 19.4. The number of ether oxygens (including phenoxy) is 1. The SMILES string of the molecule is COc1cccc(CN2CCC3(CC2)CCN(C(=O)c2cc(C)cc(C)c2)C3)c1.O=C(O)C(F)(F)F. The minimum absolute atomic E-state index is 0.201. The van der Waals surface area contributed by atoms with Crippen molar-refractivity contribution in [3.05, 3.63) is 64.7 Å². The highest BCUT2D eigenvalue weighted by molar-refractivity contribution is 5.94. The molecule has 0 bridgehead atoms. The molecule has 4 rings (SSSR count). The van der Waals surface area contributed by atoms with Crippen molar-refractivity contribution in [3.63, 3.8) is 0 Å². The number of alkyl halides is 3. The van der Waals surface area contributed by atoms with E-state index in [1.54, 1.807) is 7.11 Å². The lowest BCUT2D eigenvalue weighted by molar-refractivity contribution is -0.192. The zero-order valence-corrected chi connectivity index (χ0v) is 20.9. The van der Waals surface area contributed by atoms with Gasteiger partial charge in [0.1, 0.15) is 5.75 Å². The molecule has 2 saturated heterocycles. The fourth-order valence-corrected chi connectivity index (χ4v) is 5.01. The van der Waals surface area contributed by atoms with E-state index >= 15 is 0 Å². The van der Waals surface area contributed by atoms with E-state index in [-0.39, 0.29) is 5.91 Å². The van der Waals surface area contributed by atoms with Crippen molar-refractivity contribution in [3.8, 4) is 5.75 Å². The van der Waals surface area contributed by atoms with Gasteiger partial charge in [-0.05, 0) is 81.4 Å². The summed E-state index contributed by atoms with van der Waals surface area (Å²) < 4.78 is 37.1. The summed E-state index contributed by atoms with van der Waals surface area (Å²) in [6.07, 6.45) is -1.60. The predicted octanol–water partition coefficient (Wildman–Crippen LogP) is 5.07. The number of carbonyl (C=O) groups excluding carboxylic acids is 1. The zero-order chi connectivity index (χ0) is 26.5. The number of hydrogen-bond acceptors (Lipinski definition) is 4. The van der Waals surface area contributed by atoms with Crippen LogP contribution in [0.4, 0.5) is 13.2 Å². The second-order valence-corrected chi connectivity index (χ2v) is 9.78. The number of rotatable bonds is 4. The third kappa shape index (κ3) is 7.22. The van der Waals surface area contributed by atoms with Crippen LogP contribution in [-0.2, 0) is 11.3 Å². The first-order chi connectivity index (χ1) is 16.9. The van der Waals surface area contributed by atoms with Crippen molar-refractivity contribution >= 4 is 11.9 Å². The van der Waals surface area contributed by atoms with Crippen LogP contribution in [0.1, 0.15) is 46.3 Å². The maximum absolute atomic E-state index is 13.0. The van der Waals surface area contributed by atoms with Crippen LogP contribution in [0.5, 0.6) is 5.75 Å². The third-order valence-electron chi connectivity index (χ3n) is 6.89. The lowest BCUT2D eigenvalue weighted by Gasteiger charge is -2.39. The van der Waals surface area contributed by atoms with Gasteiger partial charge in [0.05, 0.1) is 7.11 Å². The number of methoxy groups -OCH3 is 1. The minimum atomic E-state index is -5.08. The van der Waals surface area contributed by atoms with Gasteiger partial charge in [-0.3, -0.25) is 9.69 Å². The second-order valence-electron chi connectivity index (χ2n) is 9.78. The van der Waals surface area contributed by atoms with Gasteiger partial charge in [-0.1, -0.05) is 29.3 Å². The van der Waals surface area contributed by atoms with Gasteiger partial charge in [0.15, 0.2) is 0 Å². The molecular weight excluding hydrogens is 473 g/mol. The van der Waals surface area contributed by atoms with Crippen molar-refractivity contribution in [1.29, 1.82) is 0 Å². The van der Waals surface area contributed by atoms with Gasteiger partial charge in [0.25, 0.3) is 5.91 Å². The Morgan fingerprint density at radius 2 is 1.58 bits per heavy atom. The van der Waals surface area contributed by atoms with Crippen molar-refractivity contribution in [2.24, 2.45) is 5.41 Å². The fraction of sp³-hybridized carbons (Fsp3) is 0.481. The molecule has 0 atom stereocenters. The average Bonchev–Trinajstić information content (AvgIpc) is 3.23. The number of carbonyl (C=O) groups is 2. The smallest absolute Gasteiger partial charge is 0.490 e. The summed E-state index contributed by atoms with van der Waals surface area (Å²) in [6, 6.07) is 14.5. The Hall–Kier alpha value is -3.07. The molecule has 2 aromatic carbocycles. The van der Waals surface area contributed by atoms with Crippen LogP contribution in [0.25, 0.3) is 0 Å². The molecule has 2 aliphatic heterocycles. The van der Waals surface area contributed by atoms with E-state index in [4.69, 9.17) is 14.6 Å². The van der Waals surface area contributed by atoms with Gasteiger partial charge in [0.2, 0.25) is 0 Å². The molecule has 1 N–H and O–H groups in total. The first kappa shape index (κ1) is 27.5.